The van der Waals surface area contributed by atoms with E-state index in [-0.39, 0.29) is 11.5 Å². The quantitative estimate of drug-likeness (QED) is 0.599. The maximum absolute atomic E-state index is 5.92. The first-order valence-corrected chi connectivity index (χ1v) is 3.82. The van der Waals surface area contributed by atoms with Gasteiger partial charge >= 0.3 is 0 Å². The molecule has 11 heavy (non-hydrogen) atoms. The number of rotatable bonds is 0. The highest BCUT2D eigenvalue weighted by Crippen LogP contribution is 2.36. The Balaban J connectivity index is 2.52. The Kier molecular flexibility index (Phi) is 1.16. The summed E-state index contributed by atoms with van der Waals surface area (Å²) in [5.74, 6) is 0.963. The summed E-state index contributed by atoms with van der Waals surface area (Å²) in [6.45, 7) is 4.18. The van der Waals surface area contributed by atoms with Crippen LogP contribution in [0.25, 0.3) is 0 Å². The fourth-order valence-electron chi connectivity index (χ4n) is 1.60. The summed E-state index contributed by atoms with van der Waals surface area (Å²) in [6.07, 6.45) is 2.66. The van der Waals surface area contributed by atoms with Crippen molar-refractivity contribution >= 4 is 0 Å². The van der Waals surface area contributed by atoms with Crippen molar-refractivity contribution in [3.05, 3.63) is 17.5 Å². The minimum Gasteiger partial charge on any atom is -0.360 e. The summed E-state index contributed by atoms with van der Waals surface area (Å²) in [5, 5.41) is 3.74. The van der Waals surface area contributed by atoms with Crippen molar-refractivity contribution in [1.82, 2.24) is 5.16 Å². The van der Waals surface area contributed by atoms with Gasteiger partial charge in [0.25, 0.3) is 0 Å². The van der Waals surface area contributed by atoms with Gasteiger partial charge in [-0.05, 0) is 6.42 Å². The van der Waals surface area contributed by atoms with Crippen LogP contribution < -0.4 is 5.73 Å². The number of aromatic nitrogens is 1. The molecule has 3 heteroatoms. The Bertz CT molecular complexity index is 277. The predicted molar refractivity (Wildman–Crippen MR) is 41.2 cm³/mol. The molecule has 0 unspecified atom stereocenters. The van der Waals surface area contributed by atoms with Crippen LogP contribution in [0.2, 0.25) is 0 Å². The summed E-state index contributed by atoms with van der Waals surface area (Å²) in [4.78, 5) is 0. The van der Waals surface area contributed by atoms with Gasteiger partial charge in [0.2, 0.25) is 0 Å². The maximum atomic E-state index is 5.92. The first kappa shape index (κ1) is 6.85. The number of hydrogen-bond acceptors (Lipinski definition) is 3. The predicted octanol–water partition coefficient (Wildman–Crippen LogP) is 0.836. The highest BCUT2D eigenvalue weighted by molar-refractivity contribution is 5.31. The molecule has 2 rings (SSSR count). The average molecular weight is 152 g/mol. The van der Waals surface area contributed by atoms with Crippen LogP contribution in [0.4, 0.5) is 0 Å². The van der Waals surface area contributed by atoms with E-state index in [4.69, 9.17) is 10.3 Å². The summed E-state index contributed by atoms with van der Waals surface area (Å²) >= 11 is 0. The molecule has 1 aromatic rings. The molecule has 0 fully saturated rings. The third-order valence-electron chi connectivity index (χ3n) is 2.60. The van der Waals surface area contributed by atoms with Crippen LogP contribution in [0.1, 0.15) is 25.2 Å². The molecule has 1 atom stereocenters. The molecular weight excluding hydrogens is 140 g/mol. The van der Waals surface area contributed by atoms with Crippen LogP contribution in [-0.2, 0) is 11.8 Å². The maximum Gasteiger partial charge on any atom is 0.147 e. The lowest BCUT2D eigenvalue weighted by atomic mass is 9.88. The van der Waals surface area contributed by atoms with E-state index < -0.39 is 0 Å². The molecule has 0 aliphatic heterocycles. The van der Waals surface area contributed by atoms with Crippen LogP contribution in [0.5, 0.6) is 0 Å². The molecule has 0 aromatic carbocycles. The monoisotopic (exact) mass is 152 g/mol. The van der Waals surface area contributed by atoms with Gasteiger partial charge < -0.3 is 10.3 Å². The van der Waals surface area contributed by atoms with Crippen molar-refractivity contribution in [3.8, 4) is 0 Å². The molecule has 2 N–H and O–H groups in total. The topological polar surface area (TPSA) is 52.0 Å². The van der Waals surface area contributed by atoms with E-state index >= 15 is 0 Å². The van der Waals surface area contributed by atoms with E-state index in [1.807, 2.05) is 0 Å². The molecule has 1 aromatic heterocycles. The van der Waals surface area contributed by atoms with Crippen LogP contribution in [-0.4, -0.2) is 11.2 Å². The Labute approximate surface area is 65.6 Å². The Morgan fingerprint density at radius 3 is 3.09 bits per heavy atom. The molecule has 60 valence electrons. The number of nitrogens with zero attached hydrogens (tertiary/aromatic N) is 1. The number of nitrogens with two attached hydrogens (primary N) is 1. The summed E-state index contributed by atoms with van der Waals surface area (Å²) < 4.78 is 5.13. The average Bonchev–Trinajstić information content (AvgIpc) is 2.41. The van der Waals surface area contributed by atoms with Gasteiger partial charge in [-0.3, -0.25) is 0 Å². The van der Waals surface area contributed by atoms with E-state index in [1.54, 1.807) is 6.20 Å². The molecular formula is C8H12N2O. The molecule has 0 spiro atoms. The van der Waals surface area contributed by atoms with E-state index in [2.05, 4.69) is 19.0 Å². The van der Waals surface area contributed by atoms with E-state index in [9.17, 15) is 0 Å². The fourth-order valence-corrected chi connectivity index (χ4v) is 1.60. The number of hydrogen-bond donors (Lipinski definition) is 1. The third kappa shape index (κ3) is 0.744. The van der Waals surface area contributed by atoms with Crippen LogP contribution >= 0.6 is 0 Å². The summed E-state index contributed by atoms with van der Waals surface area (Å²) in [7, 11) is 0. The van der Waals surface area contributed by atoms with Gasteiger partial charge in [-0.25, -0.2) is 0 Å². The standard InChI is InChI=1S/C8H12N2O/c1-8(2)6(9)3-5-4-10-11-7(5)8/h4,6H,3,9H2,1-2H3/t6-/m1/s1. The SMILES string of the molecule is CC1(C)c2oncc2C[C@H]1N. The third-order valence-corrected chi connectivity index (χ3v) is 2.60. The van der Waals surface area contributed by atoms with Crippen molar-refractivity contribution in [2.24, 2.45) is 5.73 Å². The molecule has 1 aliphatic carbocycles. The van der Waals surface area contributed by atoms with Crippen molar-refractivity contribution < 1.29 is 4.52 Å². The van der Waals surface area contributed by atoms with Crippen molar-refractivity contribution in [2.45, 2.75) is 31.7 Å². The minimum atomic E-state index is -0.0359. The Morgan fingerprint density at radius 2 is 2.45 bits per heavy atom. The largest absolute Gasteiger partial charge is 0.360 e. The van der Waals surface area contributed by atoms with Gasteiger partial charge in [0.15, 0.2) is 0 Å². The molecule has 1 aliphatic rings. The van der Waals surface area contributed by atoms with E-state index in [0.29, 0.717) is 0 Å². The van der Waals surface area contributed by atoms with Gasteiger partial charge in [-0.2, -0.15) is 0 Å². The Morgan fingerprint density at radius 1 is 1.73 bits per heavy atom. The van der Waals surface area contributed by atoms with Crippen LogP contribution in [0.15, 0.2) is 10.7 Å². The first-order chi connectivity index (χ1) is 5.12. The molecule has 1 heterocycles. The zero-order valence-electron chi connectivity index (χ0n) is 6.79. The van der Waals surface area contributed by atoms with Gasteiger partial charge in [-0.1, -0.05) is 19.0 Å². The minimum absolute atomic E-state index is 0.0359. The van der Waals surface area contributed by atoms with Crippen molar-refractivity contribution in [2.75, 3.05) is 0 Å². The molecule has 0 saturated heterocycles. The molecule has 0 bridgehead atoms. The van der Waals surface area contributed by atoms with Gasteiger partial charge in [0.1, 0.15) is 5.76 Å². The second-order valence-corrected chi connectivity index (χ2v) is 3.71. The zero-order valence-corrected chi connectivity index (χ0v) is 6.79. The number of fused-ring (bicyclic) bond motifs is 1. The van der Waals surface area contributed by atoms with Crippen LogP contribution in [0, 0.1) is 0 Å². The fraction of sp³-hybridized carbons (Fsp3) is 0.625. The van der Waals surface area contributed by atoms with Crippen molar-refractivity contribution in [1.29, 1.82) is 0 Å². The summed E-state index contributed by atoms with van der Waals surface area (Å²) in [5.41, 5.74) is 7.05. The smallest absolute Gasteiger partial charge is 0.147 e. The van der Waals surface area contributed by atoms with Crippen molar-refractivity contribution in [3.63, 3.8) is 0 Å². The zero-order chi connectivity index (χ0) is 8.06. The molecule has 3 nitrogen and oxygen atoms in total. The first-order valence-electron chi connectivity index (χ1n) is 3.82. The highest BCUT2D eigenvalue weighted by Gasteiger charge is 2.40. The Hall–Kier alpha value is -0.830. The lowest BCUT2D eigenvalue weighted by Crippen LogP contribution is -2.37. The molecule has 0 radical (unpaired) electrons. The van der Waals surface area contributed by atoms with Crippen LogP contribution in [0.3, 0.4) is 0 Å². The molecule has 0 amide bonds. The van der Waals surface area contributed by atoms with Gasteiger partial charge in [0.05, 0.1) is 6.20 Å². The van der Waals surface area contributed by atoms with E-state index in [1.165, 1.54) is 5.56 Å². The lowest BCUT2D eigenvalue weighted by molar-refractivity contribution is 0.301. The highest BCUT2D eigenvalue weighted by atomic mass is 16.5. The summed E-state index contributed by atoms with van der Waals surface area (Å²) in [6, 6.07) is 0.180. The second-order valence-electron chi connectivity index (χ2n) is 3.71. The van der Waals surface area contributed by atoms with Gasteiger partial charge in [-0.15, -0.1) is 0 Å². The second kappa shape index (κ2) is 1.85. The molecule has 0 saturated carbocycles. The van der Waals surface area contributed by atoms with Gasteiger partial charge in [0, 0.05) is 17.0 Å². The lowest BCUT2D eigenvalue weighted by Gasteiger charge is -2.21. The van der Waals surface area contributed by atoms with E-state index in [0.717, 1.165) is 12.2 Å². The normalized spacial score (nSPS) is 27.0.